The lowest BCUT2D eigenvalue weighted by Crippen LogP contribution is -2.50. The van der Waals surface area contributed by atoms with Crippen LogP contribution in [0.15, 0.2) is 24.4 Å². The van der Waals surface area contributed by atoms with Gasteiger partial charge in [0, 0.05) is 38.2 Å². The zero-order valence-electron chi connectivity index (χ0n) is 16.5. The molecule has 1 amide bonds. The third-order valence-electron chi connectivity index (χ3n) is 4.75. The molecule has 8 heteroatoms. The van der Waals surface area contributed by atoms with Crippen LogP contribution in [0.4, 0.5) is 10.7 Å². The van der Waals surface area contributed by atoms with Gasteiger partial charge in [-0.2, -0.15) is 5.10 Å². The molecule has 2 aliphatic heterocycles. The molecule has 1 fully saturated rings. The van der Waals surface area contributed by atoms with Gasteiger partial charge in [0.25, 0.3) is 0 Å². The molecular weight excluding hydrogens is 358 g/mol. The number of carbonyl (C=O) groups excluding carboxylic acids is 1. The summed E-state index contributed by atoms with van der Waals surface area (Å²) in [7, 11) is 0. The van der Waals surface area contributed by atoms with Crippen LogP contribution in [0.3, 0.4) is 0 Å². The van der Waals surface area contributed by atoms with Crippen molar-refractivity contribution in [2.45, 2.75) is 32.8 Å². The molecule has 0 saturated carbocycles. The molecule has 2 aromatic rings. The Bertz CT molecular complexity index is 872. The molecule has 0 N–H and O–H groups in total. The van der Waals surface area contributed by atoms with Gasteiger partial charge >= 0.3 is 6.09 Å². The van der Waals surface area contributed by atoms with Crippen molar-refractivity contribution in [2.75, 3.05) is 37.7 Å². The molecule has 1 saturated heterocycles. The number of piperazine rings is 1. The van der Waals surface area contributed by atoms with E-state index in [4.69, 9.17) is 14.5 Å². The fraction of sp³-hybridized carbons (Fsp3) is 0.500. The standard InChI is InChI=1S/C20H25N5O3/c1-20(2,3)28-19(26)25-9-7-24(8-10-25)18-22-16(13-21-23-18)14-4-5-17-15(12-14)6-11-27-17/h4-5,12-13H,6-11H2,1-3H3. The van der Waals surface area contributed by atoms with Crippen LogP contribution in [0.5, 0.6) is 5.75 Å². The van der Waals surface area contributed by atoms with E-state index in [0.29, 0.717) is 32.1 Å². The second-order valence-electron chi connectivity index (χ2n) is 8.02. The van der Waals surface area contributed by atoms with Gasteiger partial charge in [-0.05, 0) is 44.5 Å². The molecule has 0 radical (unpaired) electrons. The van der Waals surface area contributed by atoms with Gasteiger partial charge in [0.1, 0.15) is 11.4 Å². The van der Waals surface area contributed by atoms with Crippen molar-refractivity contribution < 1.29 is 14.3 Å². The number of carbonyl (C=O) groups is 1. The number of aromatic nitrogens is 3. The second-order valence-corrected chi connectivity index (χ2v) is 8.02. The summed E-state index contributed by atoms with van der Waals surface area (Å²) >= 11 is 0. The smallest absolute Gasteiger partial charge is 0.410 e. The van der Waals surface area contributed by atoms with Gasteiger partial charge in [-0.15, -0.1) is 5.10 Å². The molecule has 0 atom stereocenters. The van der Waals surface area contributed by atoms with Gasteiger partial charge in [-0.3, -0.25) is 0 Å². The van der Waals surface area contributed by atoms with Crippen LogP contribution in [-0.4, -0.2) is 64.6 Å². The second kappa shape index (κ2) is 7.26. The van der Waals surface area contributed by atoms with Crippen LogP contribution in [0, 0.1) is 0 Å². The molecule has 1 aromatic carbocycles. The quantitative estimate of drug-likeness (QED) is 0.788. The van der Waals surface area contributed by atoms with Crippen molar-refractivity contribution in [3.63, 3.8) is 0 Å². The third kappa shape index (κ3) is 4.00. The number of nitrogens with zero attached hydrogens (tertiary/aromatic N) is 5. The first kappa shape index (κ1) is 18.5. The highest BCUT2D eigenvalue weighted by Crippen LogP contribution is 2.30. The Labute approximate surface area is 164 Å². The van der Waals surface area contributed by atoms with Gasteiger partial charge < -0.3 is 19.3 Å². The fourth-order valence-corrected chi connectivity index (χ4v) is 3.33. The molecular formula is C20H25N5O3. The van der Waals surface area contributed by atoms with Crippen LogP contribution >= 0.6 is 0 Å². The van der Waals surface area contributed by atoms with Crippen molar-refractivity contribution >= 4 is 12.0 Å². The van der Waals surface area contributed by atoms with Gasteiger partial charge in [0.2, 0.25) is 5.95 Å². The van der Waals surface area contributed by atoms with Crippen LogP contribution < -0.4 is 9.64 Å². The van der Waals surface area contributed by atoms with Crippen molar-refractivity contribution in [3.8, 4) is 17.0 Å². The number of benzene rings is 1. The minimum atomic E-state index is -0.490. The maximum atomic E-state index is 12.2. The number of hydrogen-bond donors (Lipinski definition) is 0. The Kier molecular flexibility index (Phi) is 4.78. The predicted octanol–water partition coefficient (Wildman–Crippen LogP) is 2.53. The lowest BCUT2D eigenvalue weighted by atomic mass is 10.1. The molecule has 28 heavy (non-hydrogen) atoms. The number of anilines is 1. The van der Waals surface area contributed by atoms with E-state index in [1.54, 1.807) is 11.1 Å². The largest absolute Gasteiger partial charge is 0.493 e. The zero-order chi connectivity index (χ0) is 19.7. The molecule has 0 aliphatic carbocycles. The Morgan fingerprint density at radius 3 is 2.71 bits per heavy atom. The summed E-state index contributed by atoms with van der Waals surface area (Å²) < 4.78 is 11.0. The Hall–Kier alpha value is -2.90. The Balaban J connectivity index is 1.44. The van der Waals surface area contributed by atoms with Crippen LogP contribution in [0.2, 0.25) is 0 Å². The average Bonchev–Trinajstić information content (AvgIpc) is 3.15. The van der Waals surface area contributed by atoms with Crippen molar-refractivity contribution in [3.05, 3.63) is 30.0 Å². The molecule has 1 aromatic heterocycles. The minimum Gasteiger partial charge on any atom is -0.493 e. The number of rotatable bonds is 2. The summed E-state index contributed by atoms with van der Waals surface area (Å²) in [5, 5.41) is 8.34. The molecule has 8 nitrogen and oxygen atoms in total. The third-order valence-corrected chi connectivity index (χ3v) is 4.75. The number of amides is 1. The monoisotopic (exact) mass is 383 g/mol. The van der Waals surface area contributed by atoms with E-state index in [1.807, 2.05) is 37.8 Å². The van der Waals surface area contributed by atoms with Crippen molar-refractivity contribution in [1.29, 1.82) is 0 Å². The summed E-state index contributed by atoms with van der Waals surface area (Å²) in [5.74, 6) is 1.53. The van der Waals surface area contributed by atoms with Crippen LogP contribution in [-0.2, 0) is 11.2 Å². The molecule has 2 aliphatic rings. The topological polar surface area (TPSA) is 80.7 Å². The van der Waals surface area contributed by atoms with E-state index in [2.05, 4.69) is 16.3 Å². The van der Waals surface area contributed by atoms with E-state index < -0.39 is 5.60 Å². The molecule has 0 unspecified atom stereocenters. The van der Waals surface area contributed by atoms with Gasteiger partial charge in [-0.1, -0.05) is 0 Å². The molecule has 4 rings (SSSR count). The number of ether oxygens (including phenoxy) is 2. The summed E-state index contributed by atoms with van der Waals surface area (Å²) in [6.45, 7) is 8.77. The first-order chi connectivity index (χ1) is 13.4. The van der Waals surface area contributed by atoms with Gasteiger partial charge in [0.15, 0.2) is 0 Å². The van der Waals surface area contributed by atoms with E-state index in [9.17, 15) is 4.79 Å². The minimum absolute atomic E-state index is 0.277. The van der Waals surface area contributed by atoms with Crippen molar-refractivity contribution in [1.82, 2.24) is 20.1 Å². The number of fused-ring (bicyclic) bond motifs is 1. The summed E-state index contributed by atoms with van der Waals surface area (Å²) in [5.41, 5.74) is 2.50. The Morgan fingerprint density at radius 1 is 1.18 bits per heavy atom. The Morgan fingerprint density at radius 2 is 1.96 bits per heavy atom. The first-order valence-corrected chi connectivity index (χ1v) is 9.58. The van der Waals surface area contributed by atoms with Crippen LogP contribution in [0.1, 0.15) is 26.3 Å². The molecule has 148 valence electrons. The molecule has 0 spiro atoms. The lowest BCUT2D eigenvalue weighted by molar-refractivity contribution is 0.0240. The highest BCUT2D eigenvalue weighted by molar-refractivity contribution is 5.68. The van der Waals surface area contributed by atoms with Crippen LogP contribution in [0.25, 0.3) is 11.3 Å². The van der Waals surface area contributed by atoms with Gasteiger partial charge in [-0.25, -0.2) is 9.78 Å². The zero-order valence-corrected chi connectivity index (χ0v) is 16.5. The van der Waals surface area contributed by atoms with E-state index in [-0.39, 0.29) is 6.09 Å². The summed E-state index contributed by atoms with van der Waals surface area (Å²) in [6, 6.07) is 6.09. The first-order valence-electron chi connectivity index (χ1n) is 9.58. The predicted molar refractivity (Wildman–Crippen MR) is 104 cm³/mol. The normalized spacial score (nSPS) is 16.5. The highest BCUT2D eigenvalue weighted by Gasteiger charge is 2.27. The van der Waals surface area contributed by atoms with E-state index >= 15 is 0 Å². The highest BCUT2D eigenvalue weighted by atomic mass is 16.6. The van der Waals surface area contributed by atoms with Crippen molar-refractivity contribution in [2.24, 2.45) is 0 Å². The SMILES string of the molecule is CC(C)(C)OC(=O)N1CCN(c2nncc(-c3ccc4c(c3)CCO4)n2)CC1. The number of hydrogen-bond acceptors (Lipinski definition) is 7. The summed E-state index contributed by atoms with van der Waals surface area (Å²) in [6.07, 6.45) is 2.32. The maximum absolute atomic E-state index is 12.2. The van der Waals surface area contributed by atoms with Gasteiger partial charge in [0.05, 0.1) is 18.5 Å². The maximum Gasteiger partial charge on any atom is 0.410 e. The lowest BCUT2D eigenvalue weighted by Gasteiger charge is -2.35. The average molecular weight is 383 g/mol. The van der Waals surface area contributed by atoms with E-state index in [1.165, 1.54) is 5.56 Å². The molecule has 3 heterocycles. The fourth-order valence-electron chi connectivity index (χ4n) is 3.33. The molecule has 0 bridgehead atoms. The summed E-state index contributed by atoms with van der Waals surface area (Å²) in [4.78, 5) is 20.7. The van der Waals surface area contributed by atoms with E-state index in [0.717, 1.165) is 30.0 Å².